The van der Waals surface area contributed by atoms with Crippen molar-refractivity contribution >= 4 is 34.0 Å². The molecular formula is C22H20BrClN4. The molecule has 0 bridgehead atoms. The first-order chi connectivity index (χ1) is 13.2. The number of nitrogens with zero attached hydrogens (tertiary/aromatic N) is 3. The maximum absolute atomic E-state index is 6.50. The molecule has 0 aliphatic heterocycles. The molecule has 142 valence electrons. The second-order valence-electron chi connectivity index (χ2n) is 7.20. The lowest BCUT2D eigenvalue weighted by atomic mass is 9.72. The summed E-state index contributed by atoms with van der Waals surface area (Å²) in [6, 6.07) is 19.0. The lowest BCUT2D eigenvalue weighted by Gasteiger charge is -2.38. The Morgan fingerprint density at radius 3 is 2.29 bits per heavy atom. The van der Waals surface area contributed by atoms with Gasteiger partial charge in [0.05, 0.1) is 12.4 Å². The second-order valence-corrected chi connectivity index (χ2v) is 8.02. The molecule has 4 aromatic rings. The van der Waals surface area contributed by atoms with Gasteiger partial charge >= 0.3 is 0 Å². The van der Waals surface area contributed by atoms with Crippen molar-refractivity contribution in [1.82, 2.24) is 14.6 Å². The van der Waals surface area contributed by atoms with Crippen LogP contribution in [0.15, 0.2) is 71.6 Å². The Morgan fingerprint density at radius 2 is 1.64 bits per heavy atom. The lowest BCUT2D eigenvalue weighted by molar-refractivity contribution is 0.253. The molecule has 4 nitrogen and oxygen atoms in total. The summed E-state index contributed by atoms with van der Waals surface area (Å²) >= 11 is 3.53. The van der Waals surface area contributed by atoms with E-state index in [1.54, 1.807) is 6.20 Å². The molecule has 0 amide bonds. The van der Waals surface area contributed by atoms with Crippen molar-refractivity contribution in [1.29, 1.82) is 0 Å². The van der Waals surface area contributed by atoms with E-state index < -0.39 is 0 Å². The molecule has 0 spiro atoms. The molecule has 0 atom stereocenters. The summed E-state index contributed by atoms with van der Waals surface area (Å²) in [6.07, 6.45) is 7.04. The second kappa shape index (κ2) is 7.32. The van der Waals surface area contributed by atoms with Gasteiger partial charge in [0.25, 0.3) is 0 Å². The standard InChI is InChI=1S/C22H19BrN4.ClH/c23-19-14-25-21-20(16-7-9-17(10-8-16)22(24)11-4-12-22)18(13-26-27(19)21)15-5-2-1-3-6-15;/h1-3,5-10,13-14H,4,11-12,24H2;1H. The van der Waals surface area contributed by atoms with Crippen molar-refractivity contribution in [3.8, 4) is 22.3 Å². The van der Waals surface area contributed by atoms with E-state index in [2.05, 4.69) is 62.4 Å². The fourth-order valence-electron chi connectivity index (χ4n) is 3.84. The molecule has 2 aromatic heterocycles. The highest BCUT2D eigenvalue weighted by Gasteiger charge is 2.34. The average Bonchev–Trinajstić information content (AvgIpc) is 3.07. The number of aromatic nitrogens is 3. The van der Waals surface area contributed by atoms with Crippen LogP contribution in [0.3, 0.4) is 0 Å². The maximum atomic E-state index is 6.50. The molecule has 0 radical (unpaired) electrons. The normalized spacial score (nSPS) is 15.1. The molecule has 5 rings (SSSR count). The molecule has 1 fully saturated rings. The fraction of sp³-hybridized carbons (Fsp3) is 0.182. The quantitative estimate of drug-likeness (QED) is 0.438. The zero-order valence-corrected chi connectivity index (χ0v) is 17.6. The van der Waals surface area contributed by atoms with Crippen LogP contribution in [-0.2, 0) is 5.54 Å². The minimum atomic E-state index is -0.148. The Bertz CT molecular complexity index is 1120. The van der Waals surface area contributed by atoms with Crippen molar-refractivity contribution < 1.29 is 0 Å². The van der Waals surface area contributed by atoms with E-state index in [1.807, 2.05) is 28.9 Å². The average molecular weight is 456 g/mol. The first-order valence-electron chi connectivity index (χ1n) is 9.13. The van der Waals surface area contributed by atoms with Gasteiger partial charge in [-0.2, -0.15) is 5.10 Å². The predicted molar refractivity (Wildman–Crippen MR) is 119 cm³/mol. The number of halogens is 2. The highest BCUT2D eigenvalue weighted by molar-refractivity contribution is 9.10. The first-order valence-corrected chi connectivity index (χ1v) is 9.92. The topological polar surface area (TPSA) is 56.2 Å². The Kier molecular flexibility index (Phi) is 5.00. The van der Waals surface area contributed by atoms with Crippen LogP contribution in [0.1, 0.15) is 24.8 Å². The molecule has 0 saturated heterocycles. The van der Waals surface area contributed by atoms with Gasteiger partial charge in [0, 0.05) is 16.7 Å². The molecule has 1 aliphatic rings. The van der Waals surface area contributed by atoms with Crippen molar-refractivity contribution in [3.63, 3.8) is 0 Å². The van der Waals surface area contributed by atoms with E-state index in [-0.39, 0.29) is 17.9 Å². The van der Waals surface area contributed by atoms with Crippen LogP contribution >= 0.6 is 28.3 Å². The van der Waals surface area contributed by atoms with Crippen LogP contribution < -0.4 is 5.73 Å². The molecule has 2 aromatic carbocycles. The van der Waals surface area contributed by atoms with Crippen LogP contribution in [-0.4, -0.2) is 14.6 Å². The molecule has 1 aliphatic carbocycles. The first kappa shape index (κ1) is 19.1. The van der Waals surface area contributed by atoms with Gasteiger partial charge in [-0.05, 0) is 51.9 Å². The smallest absolute Gasteiger partial charge is 0.163 e. The molecule has 1 saturated carbocycles. The van der Waals surface area contributed by atoms with Crippen molar-refractivity contribution in [3.05, 3.63) is 77.2 Å². The van der Waals surface area contributed by atoms with Crippen LogP contribution in [0.4, 0.5) is 0 Å². The monoisotopic (exact) mass is 454 g/mol. The molecule has 6 heteroatoms. The summed E-state index contributed by atoms with van der Waals surface area (Å²) in [5.41, 5.74) is 12.8. The highest BCUT2D eigenvalue weighted by atomic mass is 79.9. The largest absolute Gasteiger partial charge is 0.321 e. The van der Waals surface area contributed by atoms with Gasteiger partial charge < -0.3 is 5.73 Å². The summed E-state index contributed by atoms with van der Waals surface area (Å²) in [7, 11) is 0. The third-order valence-corrected chi connectivity index (χ3v) is 6.11. The minimum Gasteiger partial charge on any atom is -0.321 e. The van der Waals surface area contributed by atoms with Crippen LogP contribution in [0, 0.1) is 0 Å². The SMILES string of the molecule is Cl.NC1(c2ccc(-c3c(-c4ccccc4)cnn4c(Br)cnc34)cc2)CCC1. The third kappa shape index (κ3) is 3.04. The van der Waals surface area contributed by atoms with Crippen molar-refractivity contribution in [2.24, 2.45) is 5.73 Å². The molecule has 2 heterocycles. The molecular weight excluding hydrogens is 436 g/mol. The van der Waals surface area contributed by atoms with E-state index in [0.29, 0.717) is 0 Å². The van der Waals surface area contributed by atoms with E-state index in [1.165, 1.54) is 12.0 Å². The number of rotatable bonds is 3. The highest BCUT2D eigenvalue weighted by Crippen LogP contribution is 2.40. The van der Waals surface area contributed by atoms with Gasteiger partial charge in [-0.15, -0.1) is 12.4 Å². The Hall–Kier alpha value is -2.21. The minimum absolute atomic E-state index is 0. The van der Waals surface area contributed by atoms with E-state index in [0.717, 1.165) is 45.3 Å². The van der Waals surface area contributed by atoms with Crippen LogP contribution in [0.25, 0.3) is 27.9 Å². The summed E-state index contributed by atoms with van der Waals surface area (Å²) < 4.78 is 2.66. The zero-order chi connectivity index (χ0) is 18.4. The van der Waals surface area contributed by atoms with Crippen molar-refractivity contribution in [2.75, 3.05) is 0 Å². The Labute approximate surface area is 178 Å². The molecule has 28 heavy (non-hydrogen) atoms. The van der Waals surface area contributed by atoms with E-state index in [4.69, 9.17) is 5.73 Å². The number of hydrogen-bond donors (Lipinski definition) is 1. The number of fused-ring (bicyclic) bond motifs is 1. The summed E-state index contributed by atoms with van der Waals surface area (Å²) in [5.74, 6) is 0. The summed E-state index contributed by atoms with van der Waals surface area (Å²) in [6.45, 7) is 0. The van der Waals surface area contributed by atoms with Crippen molar-refractivity contribution in [2.45, 2.75) is 24.8 Å². The van der Waals surface area contributed by atoms with E-state index >= 15 is 0 Å². The van der Waals surface area contributed by atoms with Crippen LogP contribution in [0.2, 0.25) is 0 Å². The van der Waals surface area contributed by atoms with Gasteiger partial charge in [-0.25, -0.2) is 9.50 Å². The van der Waals surface area contributed by atoms with Gasteiger partial charge in [-0.1, -0.05) is 54.6 Å². The van der Waals surface area contributed by atoms with Gasteiger partial charge in [0.15, 0.2) is 5.65 Å². The summed E-state index contributed by atoms with van der Waals surface area (Å²) in [5, 5.41) is 4.57. The number of nitrogens with two attached hydrogens (primary N) is 1. The zero-order valence-electron chi connectivity index (χ0n) is 15.2. The molecule has 2 N–H and O–H groups in total. The van der Waals surface area contributed by atoms with Gasteiger partial charge in [0.1, 0.15) is 4.60 Å². The van der Waals surface area contributed by atoms with Crippen LogP contribution in [0.5, 0.6) is 0 Å². The Balaban J connectivity index is 0.00000192. The molecule has 0 unspecified atom stereocenters. The number of hydrogen-bond acceptors (Lipinski definition) is 3. The lowest BCUT2D eigenvalue weighted by Crippen LogP contribution is -2.43. The fourth-order valence-corrected chi connectivity index (χ4v) is 4.20. The number of benzene rings is 2. The third-order valence-electron chi connectivity index (χ3n) is 5.57. The Morgan fingerprint density at radius 1 is 0.929 bits per heavy atom. The predicted octanol–water partition coefficient (Wildman–Crippen LogP) is 5.59. The van der Waals surface area contributed by atoms with E-state index in [9.17, 15) is 0 Å². The summed E-state index contributed by atoms with van der Waals surface area (Å²) in [4.78, 5) is 4.61. The van der Waals surface area contributed by atoms with Gasteiger partial charge in [0.2, 0.25) is 0 Å². The maximum Gasteiger partial charge on any atom is 0.163 e. The number of imidazole rings is 1. The van der Waals surface area contributed by atoms with Gasteiger partial charge in [-0.3, -0.25) is 0 Å².